The predicted octanol–water partition coefficient (Wildman–Crippen LogP) is 1.16. The minimum Gasteiger partial charge on any atom is -0.270 e. The summed E-state index contributed by atoms with van der Waals surface area (Å²) in [7, 11) is -7.07. The molecule has 118 valence electrons. The molecular weight excluding hydrogens is 304 g/mol. The van der Waals surface area contributed by atoms with Crippen LogP contribution >= 0.6 is 0 Å². The van der Waals surface area contributed by atoms with Crippen molar-refractivity contribution in [1.29, 1.82) is 0 Å². The van der Waals surface area contributed by atoms with Crippen LogP contribution in [-0.2, 0) is 28.6 Å². The van der Waals surface area contributed by atoms with Gasteiger partial charge in [-0.15, -0.1) is 0 Å². The molecule has 0 radical (unpaired) electrons. The van der Waals surface area contributed by atoms with E-state index < -0.39 is 26.3 Å². The minimum atomic E-state index is -3.55. The van der Waals surface area contributed by atoms with E-state index in [4.69, 9.17) is 8.37 Å². The first-order valence-electron chi connectivity index (χ1n) is 6.29. The van der Waals surface area contributed by atoms with Gasteiger partial charge >= 0.3 is 0 Å². The molecule has 0 aliphatic heterocycles. The summed E-state index contributed by atoms with van der Waals surface area (Å²) in [6.45, 7) is 7.59. The summed E-state index contributed by atoms with van der Waals surface area (Å²) in [5.41, 5.74) is 0.874. The Bertz CT molecular complexity index is 563. The SMILES string of the molecule is C=C(C)[C@@H]1C[C@@H](OS(C)(=O)=O)[C@@H](C)[C@@H]1COS(C)(=O)=O. The minimum absolute atomic E-state index is 0.0150. The average Bonchev–Trinajstić information content (AvgIpc) is 2.50. The summed E-state index contributed by atoms with van der Waals surface area (Å²) in [5, 5.41) is 0. The third-order valence-corrected chi connectivity index (χ3v) is 4.83. The molecule has 8 heteroatoms. The Balaban J connectivity index is 2.87. The molecule has 6 nitrogen and oxygen atoms in total. The molecule has 0 saturated heterocycles. The third kappa shape index (κ3) is 5.16. The molecule has 1 rings (SSSR count). The van der Waals surface area contributed by atoms with Crippen LogP contribution in [0.4, 0.5) is 0 Å². The maximum Gasteiger partial charge on any atom is 0.264 e. The fourth-order valence-corrected chi connectivity index (χ4v) is 3.78. The van der Waals surface area contributed by atoms with E-state index in [-0.39, 0.29) is 24.4 Å². The molecule has 4 atom stereocenters. The fourth-order valence-electron chi connectivity index (χ4n) is 2.67. The molecule has 0 aromatic carbocycles. The van der Waals surface area contributed by atoms with E-state index in [0.717, 1.165) is 18.1 Å². The topological polar surface area (TPSA) is 86.7 Å². The summed E-state index contributed by atoms with van der Waals surface area (Å²) >= 11 is 0. The Morgan fingerprint density at radius 1 is 1.20 bits per heavy atom. The Morgan fingerprint density at radius 2 is 1.75 bits per heavy atom. The van der Waals surface area contributed by atoms with Gasteiger partial charge in [-0.05, 0) is 31.1 Å². The second-order valence-corrected chi connectivity index (χ2v) is 8.78. The van der Waals surface area contributed by atoms with E-state index in [0.29, 0.717) is 6.42 Å². The predicted molar refractivity (Wildman–Crippen MR) is 76.1 cm³/mol. The number of rotatable bonds is 6. The van der Waals surface area contributed by atoms with Crippen molar-refractivity contribution >= 4 is 20.2 Å². The summed E-state index contributed by atoms with van der Waals surface area (Å²) < 4.78 is 54.7. The highest BCUT2D eigenvalue weighted by molar-refractivity contribution is 7.86. The third-order valence-electron chi connectivity index (χ3n) is 3.67. The van der Waals surface area contributed by atoms with Crippen molar-refractivity contribution < 1.29 is 25.2 Å². The van der Waals surface area contributed by atoms with Gasteiger partial charge in [0.1, 0.15) is 0 Å². The zero-order chi connectivity index (χ0) is 15.7. The van der Waals surface area contributed by atoms with Crippen molar-refractivity contribution in [1.82, 2.24) is 0 Å². The van der Waals surface area contributed by atoms with Crippen LogP contribution in [0.1, 0.15) is 20.3 Å². The van der Waals surface area contributed by atoms with E-state index in [9.17, 15) is 16.8 Å². The first-order chi connectivity index (χ1) is 8.91. The van der Waals surface area contributed by atoms with Crippen molar-refractivity contribution in [3.05, 3.63) is 12.2 Å². The second-order valence-electron chi connectivity index (χ2n) is 5.54. The monoisotopic (exact) mass is 326 g/mol. The molecule has 0 bridgehead atoms. The number of hydrogen-bond acceptors (Lipinski definition) is 6. The van der Waals surface area contributed by atoms with Crippen molar-refractivity contribution in [2.24, 2.45) is 17.8 Å². The number of allylic oxidation sites excluding steroid dienone is 1. The quantitative estimate of drug-likeness (QED) is 0.538. The van der Waals surface area contributed by atoms with Gasteiger partial charge in [-0.2, -0.15) is 16.8 Å². The molecule has 0 aromatic heterocycles. The summed E-state index contributed by atoms with van der Waals surface area (Å²) in [6, 6.07) is 0. The lowest BCUT2D eigenvalue weighted by Crippen LogP contribution is -2.26. The lowest BCUT2D eigenvalue weighted by molar-refractivity contribution is 0.139. The lowest BCUT2D eigenvalue weighted by atomic mass is 9.87. The summed E-state index contributed by atoms with van der Waals surface area (Å²) in [5.74, 6) is -0.277. The van der Waals surface area contributed by atoms with Crippen LogP contribution in [0.25, 0.3) is 0 Å². The van der Waals surface area contributed by atoms with Gasteiger partial charge in [-0.3, -0.25) is 8.37 Å². The Morgan fingerprint density at radius 3 is 2.15 bits per heavy atom. The molecule has 1 aliphatic carbocycles. The molecule has 1 aliphatic rings. The standard InChI is InChI=1S/C12H22O6S2/c1-8(2)10-6-12(18-20(5,15)16)9(3)11(10)7-17-19(4,13)14/h9-12H,1,6-7H2,2-5H3/t9-,10-,11-,12+/m0/s1. The highest BCUT2D eigenvalue weighted by atomic mass is 32.2. The molecule has 20 heavy (non-hydrogen) atoms. The van der Waals surface area contributed by atoms with Crippen LogP contribution in [0.2, 0.25) is 0 Å². The Kier molecular flexibility index (Phi) is 5.40. The maximum absolute atomic E-state index is 11.3. The van der Waals surface area contributed by atoms with Gasteiger partial charge in [-0.1, -0.05) is 19.1 Å². The van der Waals surface area contributed by atoms with Crippen molar-refractivity contribution in [2.45, 2.75) is 26.4 Å². The normalized spacial score (nSPS) is 31.4. The first kappa shape index (κ1) is 17.6. The van der Waals surface area contributed by atoms with Crippen LogP contribution in [0.15, 0.2) is 12.2 Å². The van der Waals surface area contributed by atoms with Gasteiger partial charge < -0.3 is 0 Å². The van der Waals surface area contributed by atoms with Gasteiger partial charge in [0.25, 0.3) is 20.2 Å². The van der Waals surface area contributed by atoms with Crippen LogP contribution in [0, 0.1) is 17.8 Å². The van der Waals surface area contributed by atoms with Gasteiger partial charge in [-0.25, -0.2) is 0 Å². The summed E-state index contributed by atoms with van der Waals surface area (Å²) in [6.07, 6.45) is 2.03. The van der Waals surface area contributed by atoms with E-state index in [1.54, 1.807) is 0 Å². The van der Waals surface area contributed by atoms with Crippen LogP contribution < -0.4 is 0 Å². The van der Waals surface area contributed by atoms with Gasteiger partial charge in [0.15, 0.2) is 0 Å². The second kappa shape index (κ2) is 6.13. The zero-order valence-electron chi connectivity index (χ0n) is 12.2. The van der Waals surface area contributed by atoms with Gasteiger partial charge in [0.05, 0.1) is 25.2 Å². The zero-order valence-corrected chi connectivity index (χ0v) is 13.8. The van der Waals surface area contributed by atoms with Crippen molar-refractivity contribution in [3.63, 3.8) is 0 Å². The Hall–Kier alpha value is -0.440. The molecule has 0 aromatic rings. The fraction of sp³-hybridized carbons (Fsp3) is 0.833. The van der Waals surface area contributed by atoms with Crippen molar-refractivity contribution in [3.8, 4) is 0 Å². The molecule has 1 fully saturated rings. The van der Waals surface area contributed by atoms with E-state index in [1.165, 1.54) is 0 Å². The van der Waals surface area contributed by atoms with E-state index >= 15 is 0 Å². The van der Waals surface area contributed by atoms with Gasteiger partial charge in [0, 0.05) is 0 Å². The largest absolute Gasteiger partial charge is 0.270 e. The van der Waals surface area contributed by atoms with Crippen molar-refractivity contribution in [2.75, 3.05) is 19.1 Å². The molecule has 0 spiro atoms. The molecule has 0 N–H and O–H groups in total. The molecule has 0 heterocycles. The van der Waals surface area contributed by atoms with Crippen LogP contribution in [-0.4, -0.2) is 42.1 Å². The molecule has 1 saturated carbocycles. The average molecular weight is 326 g/mol. The lowest BCUT2D eigenvalue weighted by Gasteiger charge is -2.22. The smallest absolute Gasteiger partial charge is 0.264 e. The first-order valence-corrected chi connectivity index (χ1v) is 9.92. The maximum atomic E-state index is 11.3. The van der Waals surface area contributed by atoms with E-state index in [2.05, 4.69) is 6.58 Å². The highest BCUT2D eigenvalue weighted by Crippen LogP contribution is 2.42. The molecule has 0 unspecified atom stereocenters. The number of hydrogen-bond donors (Lipinski definition) is 0. The Labute approximate surface area is 121 Å². The van der Waals surface area contributed by atoms with E-state index in [1.807, 2.05) is 13.8 Å². The summed E-state index contributed by atoms with van der Waals surface area (Å²) in [4.78, 5) is 0. The molecular formula is C12H22O6S2. The molecule has 0 amide bonds. The van der Waals surface area contributed by atoms with Crippen LogP contribution in [0.3, 0.4) is 0 Å². The van der Waals surface area contributed by atoms with Gasteiger partial charge in [0.2, 0.25) is 0 Å². The van der Waals surface area contributed by atoms with Crippen LogP contribution in [0.5, 0.6) is 0 Å². The highest BCUT2D eigenvalue weighted by Gasteiger charge is 2.43.